The SMILES string of the molecule is CC(CCCc1ccccc1)C(=O)C[C@H]1CC[C@H](c2ccc([N+](=O)[O-])cc2)CC1. The lowest BCUT2D eigenvalue weighted by molar-refractivity contribution is -0.384. The molecule has 0 bridgehead atoms. The topological polar surface area (TPSA) is 60.2 Å². The zero-order valence-corrected chi connectivity index (χ0v) is 17.3. The summed E-state index contributed by atoms with van der Waals surface area (Å²) < 4.78 is 0. The molecule has 0 spiro atoms. The predicted octanol–water partition coefficient (Wildman–Crippen LogP) is 6.49. The minimum absolute atomic E-state index is 0.145. The summed E-state index contributed by atoms with van der Waals surface area (Å²) in [6.45, 7) is 2.08. The number of aryl methyl sites for hydroxylation is 1. The van der Waals surface area contributed by atoms with Crippen LogP contribution >= 0.6 is 0 Å². The number of hydrogen-bond donors (Lipinski definition) is 0. The number of carbonyl (C=O) groups is 1. The number of nitrogens with zero attached hydrogens (tertiary/aromatic N) is 1. The molecule has 1 aliphatic rings. The Morgan fingerprint density at radius 3 is 2.31 bits per heavy atom. The van der Waals surface area contributed by atoms with Crippen LogP contribution in [0.15, 0.2) is 54.6 Å². The van der Waals surface area contributed by atoms with Gasteiger partial charge >= 0.3 is 0 Å². The maximum absolute atomic E-state index is 12.6. The molecule has 0 radical (unpaired) electrons. The lowest BCUT2D eigenvalue weighted by Gasteiger charge is -2.29. The van der Waals surface area contributed by atoms with Crippen LogP contribution in [0.5, 0.6) is 0 Å². The number of carbonyl (C=O) groups excluding carboxylic acids is 1. The number of Topliss-reactive ketones (excluding diaryl/α,β-unsaturated/α-hetero) is 1. The molecule has 1 aliphatic carbocycles. The van der Waals surface area contributed by atoms with Gasteiger partial charge in [0.25, 0.3) is 5.69 Å². The summed E-state index contributed by atoms with van der Waals surface area (Å²) in [4.78, 5) is 23.1. The molecule has 154 valence electrons. The van der Waals surface area contributed by atoms with Crippen molar-refractivity contribution in [3.8, 4) is 0 Å². The number of nitro benzene ring substituents is 1. The Morgan fingerprint density at radius 1 is 1.03 bits per heavy atom. The van der Waals surface area contributed by atoms with Crippen LogP contribution in [0.3, 0.4) is 0 Å². The minimum atomic E-state index is -0.354. The average molecular weight is 394 g/mol. The fourth-order valence-corrected chi connectivity index (χ4v) is 4.47. The van der Waals surface area contributed by atoms with Gasteiger partial charge in [-0.3, -0.25) is 14.9 Å². The molecule has 4 heteroatoms. The van der Waals surface area contributed by atoms with E-state index >= 15 is 0 Å². The van der Waals surface area contributed by atoms with Crippen LogP contribution in [0.2, 0.25) is 0 Å². The fraction of sp³-hybridized carbons (Fsp3) is 0.480. The average Bonchev–Trinajstić information content (AvgIpc) is 2.75. The summed E-state index contributed by atoms with van der Waals surface area (Å²) in [5.41, 5.74) is 2.68. The highest BCUT2D eigenvalue weighted by Crippen LogP contribution is 2.38. The van der Waals surface area contributed by atoms with E-state index in [2.05, 4.69) is 31.2 Å². The molecule has 2 aromatic rings. The van der Waals surface area contributed by atoms with E-state index in [-0.39, 0.29) is 16.5 Å². The Labute approximate surface area is 173 Å². The highest BCUT2D eigenvalue weighted by Gasteiger charge is 2.25. The summed E-state index contributed by atoms with van der Waals surface area (Å²) in [6, 6.07) is 17.4. The molecule has 1 saturated carbocycles. The van der Waals surface area contributed by atoms with E-state index in [1.165, 1.54) is 11.1 Å². The van der Waals surface area contributed by atoms with Crippen molar-refractivity contribution in [2.75, 3.05) is 0 Å². The molecule has 29 heavy (non-hydrogen) atoms. The summed E-state index contributed by atoms with van der Waals surface area (Å²) in [7, 11) is 0. The molecule has 0 heterocycles. The van der Waals surface area contributed by atoms with E-state index in [4.69, 9.17) is 0 Å². The van der Waals surface area contributed by atoms with Gasteiger partial charge in [0.05, 0.1) is 4.92 Å². The Hall–Kier alpha value is -2.49. The number of ketones is 1. The van der Waals surface area contributed by atoms with Crippen molar-refractivity contribution < 1.29 is 9.72 Å². The van der Waals surface area contributed by atoms with Crippen LogP contribution in [0.4, 0.5) is 5.69 Å². The Bertz CT molecular complexity index is 793. The quantitative estimate of drug-likeness (QED) is 0.361. The van der Waals surface area contributed by atoms with E-state index in [1.807, 2.05) is 18.2 Å². The summed E-state index contributed by atoms with van der Waals surface area (Å²) in [6.07, 6.45) is 8.05. The maximum Gasteiger partial charge on any atom is 0.269 e. The molecule has 1 fully saturated rings. The number of non-ortho nitro benzene ring substituents is 1. The van der Waals surface area contributed by atoms with Gasteiger partial charge in [-0.2, -0.15) is 0 Å². The van der Waals surface area contributed by atoms with E-state index in [0.29, 0.717) is 24.0 Å². The van der Waals surface area contributed by atoms with Crippen LogP contribution in [0.1, 0.15) is 68.9 Å². The van der Waals surface area contributed by atoms with Crippen molar-refractivity contribution in [2.45, 2.75) is 64.2 Å². The minimum Gasteiger partial charge on any atom is -0.299 e. The first kappa shape index (κ1) is 21.2. The first-order chi connectivity index (χ1) is 14.0. The third-order valence-electron chi connectivity index (χ3n) is 6.41. The van der Waals surface area contributed by atoms with Gasteiger partial charge in [-0.25, -0.2) is 0 Å². The number of rotatable bonds is 9. The van der Waals surface area contributed by atoms with E-state index < -0.39 is 0 Å². The molecule has 0 N–H and O–H groups in total. The summed E-state index contributed by atoms with van der Waals surface area (Å²) >= 11 is 0. The van der Waals surface area contributed by atoms with Crippen LogP contribution in [0.25, 0.3) is 0 Å². The fourth-order valence-electron chi connectivity index (χ4n) is 4.47. The van der Waals surface area contributed by atoms with Gasteiger partial charge < -0.3 is 0 Å². The summed E-state index contributed by atoms with van der Waals surface area (Å²) in [5.74, 6) is 1.52. The zero-order valence-electron chi connectivity index (χ0n) is 17.3. The Morgan fingerprint density at radius 2 is 1.69 bits per heavy atom. The maximum atomic E-state index is 12.6. The van der Waals surface area contributed by atoms with Gasteiger partial charge in [-0.15, -0.1) is 0 Å². The smallest absolute Gasteiger partial charge is 0.269 e. The van der Waals surface area contributed by atoms with E-state index in [9.17, 15) is 14.9 Å². The lowest BCUT2D eigenvalue weighted by atomic mass is 9.76. The van der Waals surface area contributed by atoms with Gasteiger partial charge in [0.1, 0.15) is 5.78 Å². The zero-order chi connectivity index (χ0) is 20.6. The molecule has 0 saturated heterocycles. The Balaban J connectivity index is 1.39. The molecule has 0 aliphatic heterocycles. The van der Waals surface area contributed by atoms with Gasteiger partial charge in [0, 0.05) is 24.5 Å². The van der Waals surface area contributed by atoms with Crippen molar-refractivity contribution in [1.82, 2.24) is 0 Å². The second kappa shape index (κ2) is 10.3. The molecule has 1 atom stereocenters. The van der Waals surface area contributed by atoms with Gasteiger partial charge in [0.15, 0.2) is 0 Å². The second-order valence-electron chi connectivity index (χ2n) is 8.52. The van der Waals surface area contributed by atoms with Crippen molar-refractivity contribution in [1.29, 1.82) is 0 Å². The Kier molecular flexibility index (Phi) is 7.56. The van der Waals surface area contributed by atoms with Crippen LogP contribution in [0, 0.1) is 22.0 Å². The highest BCUT2D eigenvalue weighted by molar-refractivity contribution is 5.80. The predicted molar refractivity (Wildman–Crippen MR) is 116 cm³/mol. The van der Waals surface area contributed by atoms with Crippen LogP contribution in [-0.2, 0) is 11.2 Å². The molecule has 1 unspecified atom stereocenters. The number of benzene rings is 2. The number of nitro groups is 1. The third-order valence-corrected chi connectivity index (χ3v) is 6.41. The summed E-state index contributed by atoms with van der Waals surface area (Å²) in [5, 5.41) is 10.8. The van der Waals surface area contributed by atoms with Crippen molar-refractivity contribution in [3.05, 3.63) is 75.8 Å². The van der Waals surface area contributed by atoms with E-state index in [1.54, 1.807) is 12.1 Å². The molecule has 0 aromatic heterocycles. The van der Waals surface area contributed by atoms with Crippen LogP contribution < -0.4 is 0 Å². The van der Waals surface area contributed by atoms with E-state index in [0.717, 1.165) is 44.9 Å². The molecule has 0 amide bonds. The third kappa shape index (κ3) is 6.25. The van der Waals surface area contributed by atoms with Crippen molar-refractivity contribution >= 4 is 11.5 Å². The largest absolute Gasteiger partial charge is 0.299 e. The molecule has 4 nitrogen and oxygen atoms in total. The highest BCUT2D eigenvalue weighted by atomic mass is 16.6. The van der Waals surface area contributed by atoms with Gasteiger partial charge in [0.2, 0.25) is 0 Å². The number of hydrogen-bond acceptors (Lipinski definition) is 3. The second-order valence-corrected chi connectivity index (χ2v) is 8.52. The van der Waals surface area contributed by atoms with Gasteiger partial charge in [-0.05, 0) is 67.9 Å². The molecular weight excluding hydrogens is 362 g/mol. The first-order valence-corrected chi connectivity index (χ1v) is 10.8. The first-order valence-electron chi connectivity index (χ1n) is 10.8. The lowest BCUT2D eigenvalue weighted by Crippen LogP contribution is -2.20. The monoisotopic (exact) mass is 393 g/mol. The normalized spacial score (nSPS) is 20.2. The van der Waals surface area contributed by atoms with Crippen molar-refractivity contribution in [3.63, 3.8) is 0 Å². The molecule has 2 aromatic carbocycles. The van der Waals surface area contributed by atoms with Crippen molar-refractivity contribution in [2.24, 2.45) is 11.8 Å². The molecule has 3 rings (SSSR count). The molecular formula is C25H31NO3. The standard InChI is InChI=1S/C25H31NO3/c1-19(6-5-9-20-7-3-2-4-8-20)25(27)18-21-10-12-22(13-11-21)23-14-16-24(17-15-23)26(28)29/h2-4,7-8,14-17,19,21-22H,5-6,9-13,18H2,1H3/t19?,21-,22-. The van der Waals surface area contributed by atoms with Gasteiger partial charge in [-0.1, -0.05) is 49.4 Å². The van der Waals surface area contributed by atoms with Crippen LogP contribution in [-0.4, -0.2) is 10.7 Å².